The Morgan fingerprint density at radius 2 is 1.70 bits per heavy atom. The largest absolute Gasteiger partial charge is 0.484 e. The molecule has 6 nitrogen and oxygen atoms in total. The van der Waals surface area contributed by atoms with Crippen molar-refractivity contribution in [1.82, 2.24) is 5.43 Å². The summed E-state index contributed by atoms with van der Waals surface area (Å²) in [6.45, 7) is 1.83. The zero-order chi connectivity index (χ0) is 21.3. The van der Waals surface area contributed by atoms with E-state index < -0.39 is 5.97 Å². The van der Waals surface area contributed by atoms with Crippen molar-refractivity contribution >= 4 is 29.7 Å². The van der Waals surface area contributed by atoms with E-state index in [0.29, 0.717) is 22.1 Å². The molecule has 0 aliphatic heterocycles. The Labute approximate surface area is 179 Å². The van der Waals surface area contributed by atoms with Gasteiger partial charge in [0, 0.05) is 5.02 Å². The zero-order valence-electron chi connectivity index (χ0n) is 16.2. The first-order valence-electron chi connectivity index (χ1n) is 9.09. The maximum atomic E-state index is 12.1. The Balaban J connectivity index is 1.46. The van der Waals surface area contributed by atoms with Crippen molar-refractivity contribution in [3.8, 4) is 11.5 Å². The van der Waals surface area contributed by atoms with E-state index in [0.717, 1.165) is 11.1 Å². The first-order chi connectivity index (χ1) is 14.5. The summed E-state index contributed by atoms with van der Waals surface area (Å²) >= 11 is 5.88. The SMILES string of the molecule is Cc1ccc(OCC(=O)N/N=C\c2ccc(OC(=O)c3cccc(Cl)c3)cc2)cc1. The summed E-state index contributed by atoms with van der Waals surface area (Å²) in [5, 5.41) is 4.35. The summed E-state index contributed by atoms with van der Waals surface area (Å²) in [6, 6.07) is 20.6. The molecular weight excluding hydrogens is 404 g/mol. The highest BCUT2D eigenvalue weighted by atomic mass is 35.5. The van der Waals surface area contributed by atoms with Gasteiger partial charge in [0.25, 0.3) is 5.91 Å². The van der Waals surface area contributed by atoms with Crippen molar-refractivity contribution in [2.75, 3.05) is 6.61 Å². The highest BCUT2D eigenvalue weighted by molar-refractivity contribution is 6.30. The highest BCUT2D eigenvalue weighted by Gasteiger charge is 2.08. The van der Waals surface area contributed by atoms with Crippen molar-refractivity contribution in [3.63, 3.8) is 0 Å². The maximum Gasteiger partial charge on any atom is 0.343 e. The van der Waals surface area contributed by atoms with Crippen LogP contribution in [-0.4, -0.2) is 24.7 Å². The Morgan fingerprint density at radius 1 is 1.00 bits per heavy atom. The number of hydrogen-bond donors (Lipinski definition) is 1. The molecule has 7 heteroatoms. The molecule has 0 unspecified atom stereocenters. The first kappa shape index (κ1) is 21.1. The van der Waals surface area contributed by atoms with E-state index in [4.69, 9.17) is 21.1 Å². The maximum absolute atomic E-state index is 12.1. The number of rotatable bonds is 7. The number of nitrogens with one attached hydrogen (secondary N) is 1. The Morgan fingerprint density at radius 3 is 2.40 bits per heavy atom. The second kappa shape index (κ2) is 10.2. The van der Waals surface area contributed by atoms with Crippen molar-refractivity contribution in [1.29, 1.82) is 0 Å². The molecule has 0 aromatic heterocycles. The lowest BCUT2D eigenvalue weighted by Gasteiger charge is -2.05. The minimum Gasteiger partial charge on any atom is -0.484 e. The van der Waals surface area contributed by atoms with Crippen LogP contribution in [0.1, 0.15) is 21.5 Å². The third kappa shape index (κ3) is 6.46. The number of carbonyl (C=O) groups excluding carboxylic acids is 2. The molecule has 0 atom stereocenters. The molecule has 0 saturated carbocycles. The van der Waals surface area contributed by atoms with Crippen LogP contribution in [0.5, 0.6) is 11.5 Å². The molecule has 3 rings (SSSR count). The number of halogens is 1. The van der Waals surface area contributed by atoms with E-state index in [9.17, 15) is 9.59 Å². The number of carbonyl (C=O) groups is 2. The van der Waals surface area contributed by atoms with E-state index >= 15 is 0 Å². The summed E-state index contributed by atoms with van der Waals surface area (Å²) in [5.74, 6) is 0.119. The molecule has 1 amide bonds. The van der Waals surface area contributed by atoms with Gasteiger partial charge < -0.3 is 9.47 Å². The van der Waals surface area contributed by atoms with Gasteiger partial charge >= 0.3 is 5.97 Å². The minimum absolute atomic E-state index is 0.140. The molecule has 0 saturated heterocycles. The third-order valence-electron chi connectivity index (χ3n) is 3.94. The van der Waals surface area contributed by atoms with Crippen molar-refractivity contribution in [3.05, 3.63) is 94.5 Å². The van der Waals surface area contributed by atoms with Gasteiger partial charge in [-0.25, -0.2) is 10.2 Å². The van der Waals surface area contributed by atoms with Gasteiger partial charge in [-0.05, 0) is 67.1 Å². The first-order valence-corrected chi connectivity index (χ1v) is 9.46. The van der Waals surface area contributed by atoms with Crippen LogP contribution >= 0.6 is 11.6 Å². The van der Waals surface area contributed by atoms with Crippen molar-refractivity contribution in [2.24, 2.45) is 5.10 Å². The van der Waals surface area contributed by atoms with Crippen LogP contribution in [0.15, 0.2) is 77.9 Å². The van der Waals surface area contributed by atoms with Crippen molar-refractivity contribution in [2.45, 2.75) is 6.92 Å². The Bertz CT molecular complexity index is 1050. The molecule has 0 heterocycles. The molecule has 0 bridgehead atoms. The van der Waals surface area contributed by atoms with Gasteiger partial charge in [0.05, 0.1) is 11.8 Å². The monoisotopic (exact) mass is 422 g/mol. The molecular formula is C23H19ClN2O4. The standard InChI is InChI=1S/C23H19ClN2O4/c1-16-5-9-20(10-6-16)29-15-22(27)26-25-14-17-7-11-21(12-8-17)30-23(28)18-3-2-4-19(24)13-18/h2-14H,15H2,1H3,(H,26,27)/b25-14-. The molecule has 0 aliphatic carbocycles. The van der Waals surface area contributed by atoms with Gasteiger partial charge in [0.15, 0.2) is 6.61 Å². The van der Waals surface area contributed by atoms with Gasteiger partial charge in [-0.2, -0.15) is 5.10 Å². The van der Waals surface area contributed by atoms with Crippen LogP contribution in [0.2, 0.25) is 5.02 Å². The van der Waals surface area contributed by atoms with Crippen molar-refractivity contribution < 1.29 is 19.1 Å². The van der Waals surface area contributed by atoms with Gasteiger partial charge in [0.1, 0.15) is 11.5 Å². The average Bonchev–Trinajstić information content (AvgIpc) is 2.74. The molecule has 0 aliphatic rings. The molecule has 3 aromatic carbocycles. The number of ether oxygens (including phenoxy) is 2. The van der Waals surface area contributed by atoms with Crippen LogP contribution in [-0.2, 0) is 4.79 Å². The van der Waals surface area contributed by atoms with Crippen LogP contribution in [0.3, 0.4) is 0 Å². The zero-order valence-corrected chi connectivity index (χ0v) is 16.9. The van der Waals surface area contributed by atoms with Gasteiger partial charge in [-0.15, -0.1) is 0 Å². The van der Waals surface area contributed by atoms with E-state index in [1.165, 1.54) is 12.3 Å². The fourth-order valence-electron chi connectivity index (χ4n) is 2.40. The summed E-state index contributed by atoms with van der Waals surface area (Å²) in [7, 11) is 0. The number of benzene rings is 3. The number of hydrogen-bond acceptors (Lipinski definition) is 5. The van der Waals surface area contributed by atoms with E-state index in [-0.39, 0.29) is 12.5 Å². The summed E-state index contributed by atoms with van der Waals surface area (Å²) in [4.78, 5) is 23.9. The van der Waals surface area contributed by atoms with Crippen LogP contribution in [0, 0.1) is 6.92 Å². The number of aryl methyl sites for hydroxylation is 1. The second-order valence-electron chi connectivity index (χ2n) is 6.36. The molecule has 0 fully saturated rings. The molecule has 1 N–H and O–H groups in total. The Hall–Kier alpha value is -3.64. The lowest BCUT2D eigenvalue weighted by molar-refractivity contribution is -0.123. The van der Waals surface area contributed by atoms with E-state index in [2.05, 4.69) is 10.5 Å². The smallest absolute Gasteiger partial charge is 0.343 e. The third-order valence-corrected chi connectivity index (χ3v) is 4.18. The summed E-state index contributed by atoms with van der Waals surface area (Å²) in [6.07, 6.45) is 1.48. The number of hydrazone groups is 1. The Kier molecular flexibility index (Phi) is 7.19. The van der Waals surface area contributed by atoms with Crippen LogP contribution < -0.4 is 14.9 Å². The number of amides is 1. The quantitative estimate of drug-likeness (QED) is 0.265. The molecule has 3 aromatic rings. The predicted molar refractivity (Wildman–Crippen MR) is 115 cm³/mol. The second-order valence-corrected chi connectivity index (χ2v) is 6.80. The fourth-order valence-corrected chi connectivity index (χ4v) is 2.59. The van der Waals surface area contributed by atoms with E-state index in [1.54, 1.807) is 54.6 Å². The number of esters is 1. The summed E-state index contributed by atoms with van der Waals surface area (Å²) < 4.78 is 10.7. The molecule has 0 spiro atoms. The normalized spacial score (nSPS) is 10.6. The van der Waals surface area contributed by atoms with Crippen LogP contribution in [0.4, 0.5) is 0 Å². The van der Waals surface area contributed by atoms with Gasteiger partial charge in [0.2, 0.25) is 0 Å². The summed E-state index contributed by atoms with van der Waals surface area (Å²) in [5.41, 5.74) is 4.59. The molecule has 152 valence electrons. The van der Waals surface area contributed by atoms with Gasteiger partial charge in [-0.3, -0.25) is 4.79 Å². The fraction of sp³-hybridized carbons (Fsp3) is 0.0870. The van der Waals surface area contributed by atoms with Crippen LogP contribution in [0.25, 0.3) is 0 Å². The number of nitrogens with zero attached hydrogens (tertiary/aromatic N) is 1. The predicted octanol–water partition coefficient (Wildman–Crippen LogP) is 4.40. The topological polar surface area (TPSA) is 77.0 Å². The lowest BCUT2D eigenvalue weighted by Crippen LogP contribution is -2.24. The van der Waals surface area contributed by atoms with E-state index in [1.807, 2.05) is 19.1 Å². The average molecular weight is 423 g/mol. The molecule has 0 radical (unpaired) electrons. The van der Waals surface area contributed by atoms with Gasteiger partial charge in [-0.1, -0.05) is 35.4 Å². The molecule has 30 heavy (non-hydrogen) atoms. The minimum atomic E-state index is -0.500. The lowest BCUT2D eigenvalue weighted by atomic mass is 10.2. The highest BCUT2D eigenvalue weighted by Crippen LogP contribution is 2.16.